The normalized spacial score (nSPS) is 14.3. The number of anilines is 2. The highest BCUT2D eigenvalue weighted by Gasteiger charge is 2.24. The van der Waals surface area contributed by atoms with Crippen molar-refractivity contribution >= 4 is 23.3 Å². The van der Waals surface area contributed by atoms with Crippen LogP contribution in [-0.2, 0) is 4.79 Å². The number of amides is 2. The summed E-state index contributed by atoms with van der Waals surface area (Å²) < 4.78 is 13.0. The van der Waals surface area contributed by atoms with Crippen LogP contribution >= 0.6 is 0 Å². The summed E-state index contributed by atoms with van der Waals surface area (Å²) in [5.41, 5.74) is 0.935. The van der Waals surface area contributed by atoms with Gasteiger partial charge in [0, 0.05) is 44.9 Å². The molecule has 0 bridgehead atoms. The first kappa shape index (κ1) is 16.8. The molecule has 1 aliphatic heterocycles. The summed E-state index contributed by atoms with van der Waals surface area (Å²) in [6.07, 6.45) is 1.31. The molecule has 1 aromatic carbocycles. The Kier molecular flexibility index (Phi) is 4.87. The summed E-state index contributed by atoms with van der Waals surface area (Å²) in [4.78, 5) is 35.4. The van der Waals surface area contributed by atoms with Crippen molar-refractivity contribution in [1.82, 2.24) is 19.8 Å². The number of benzene rings is 1. The Morgan fingerprint density at radius 3 is 2.32 bits per heavy atom. The SMILES string of the molecule is CC(=O)N1CCN(C(=O)c2cc(Nc3ccc(F)cc3)ncn2)CC1. The molecule has 25 heavy (non-hydrogen) atoms. The molecule has 1 N–H and O–H groups in total. The smallest absolute Gasteiger partial charge is 0.272 e. The molecule has 1 aromatic heterocycles. The second kappa shape index (κ2) is 7.25. The van der Waals surface area contributed by atoms with Gasteiger partial charge < -0.3 is 15.1 Å². The quantitative estimate of drug-likeness (QED) is 0.917. The zero-order valence-electron chi connectivity index (χ0n) is 13.8. The fourth-order valence-corrected chi connectivity index (χ4v) is 2.61. The van der Waals surface area contributed by atoms with Gasteiger partial charge in [0.1, 0.15) is 23.7 Å². The number of aromatic nitrogens is 2. The van der Waals surface area contributed by atoms with Gasteiger partial charge in [0.15, 0.2) is 0 Å². The minimum atomic E-state index is -0.325. The first-order chi connectivity index (χ1) is 12.0. The monoisotopic (exact) mass is 343 g/mol. The molecule has 7 nitrogen and oxygen atoms in total. The lowest BCUT2D eigenvalue weighted by Crippen LogP contribution is -2.50. The summed E-state index contributed by atoms with van der Waals surface area (Å²) in [5, 5.41) is 3.01. The predicted octanol–water partition coefficient (Wildman–Crippen LogP) is 1.66. The van der Waals surface area contributed by atoms with E-state index < -0.39 is 0 Å². The van der Waals surface area contributed by atoms with Gasteiger partial charge >= 0.3 is 0 Å². The fraction of sp³-hybridized carbons (Fsp3) is 0.294. The van der Waals surface area contributed by atoms with Gasteiger partial charge in [-0.15, -0.1) is 0 Å². The second-order valence-corrected chi connectivity index (χ2v) is 5.72. The summed E-state index contributed by atoms with van der Waals surface area (Å²) in [5.74, 6) is -0.0613. The van der Waals surface area contributed by atoms with Crippen molar-refractivity contribution in [1.29, 1.82) is 0 Å². The van der Waals surface area contributed by atoms with E-state index in [0.717, 1.165) is 0 Å². The lowest BCUT2D eigenvalue weighted by Gasteiger charge is -2.34. The van der Waals surface area contributed by atoms with E-state index >= 15 is 0 Å². The standard InChI is InChI=1S/C17H18FN5O2/c1-12(24)22-6-8-23(9-7-22)17(25)15-10-16(20-11-19-15)21-14-4-2-13(18)3-5-14/h2-5,10-11H,6-9H2,1H3,(H,19,20,21). The number of carbonyl (C=O) groups excluding carboxylic acids is 2. The van der Waals surface area contributed by atoms with Crippen molar-refractivity contribution in [2.24, 2.45) is 0 Å². The third-order valence-electron chi connectivity index (χ3n) is 4.02. The average Bonchev–Trinajstić information content (AvgIpc) is 2.63. The van der Waals surface area contributed by atoms with E-state index in [1.54, 1.807) is 28.0 Å². The van der Waals surface area contributed by atoms with Crippen LogP contribution in [0.15, 0.2) is 36.7 Å². The molecule has 130 valence electrons. The molecule has 8 heteroatoms. The first-order valence-electron chi connectivity index (χ1n) is 7.92. The van der Waals surface area contributed by atoms with Gasteiger partial charge in [-0.2, -0.15) is 0 Å². The second-order valence-electron chi connectivity index (χ2n) is 5.72. The van der Waals surface area contributed by atoms with Crippen LogP contribution in [0.25, 0.3) is 0 Å². The minimum Gasteiger partial charge on any atom is -0.340 e. The molecular formula is C17H18FN5O2. The third-order valence-corrected chi connectivity index (χ3v) is 4.02. The number of piperazine rings is 1. The van der Waals surface area contributed by atoms with Gasteiger partial charge in [-0.25, -0.2) is 14.4 Å². The van der Waals surface area contributed by atoms with Crippen LogP contribution in [0.5, 0.6) is 0 Å². The third kappa shape index (κ3) is 4.09. The van der Waals surface area contributed by atoms with Crippen molar-refractivity contribution in [2.45, 2.75) is 6.92 Å². The maximum absolute atomic E-state index is 13.0. The highest BCUT2D eigenvalue weighted by Crippen LogP contribution is 2.16. The Bertz CT molecular complexity index is 773. The van der Waals surface area contributed by atoms with Gasteiger partial charge in [0.25, 0.3) is 5.91 Å². The molecule has 0 atom stereocenters. The molecule has 2 heterocycles. The van der Waals surface area contributed by atoms with Gasteiger partial charge in [0.05, 0.1) is 0 Å². The first-order valence-corrected chi connectivity index (χ1v) is 7.92. The summed E-state index contributed by atoms with van der Waals surface area (Å²) in [7, 11) is 0. The maximum Gasteiger partial charge on any atom is 0.272 e. The molecule has 3 rings (SSSR count). The molecule has 0 radical (unpaired) electrons. The van der Waals surface area contributed by atoms with Crippen LogP contribution in [0.3, 0.4) is 0 Å². The lowest BCUT2D eigenvalue weighted by molar-refractivity contribution is -0.130. The number of hydrogen-bond donors (Lipinski definition) is 1. The highest BCUT2D eigenvalue weighted by molar-refractivity contribution is 5.93. The number of rotatable bonds is 3. The Morgan fingerprint density at radius 2 is 1.68 bits per heavy atom. The molecule has 0 spiro atoms. The maximum atomic E-state index is 13.0. The molecule has 0 unspecified atom stereocenters. The van der Waals surface area contributed by atoms with E-state index in [0.29, 0.717) is 37.7 Å². The van der Waals surface area contributed by atoms with Crippen LogP contribution in [0, 0.1) is 5.82 Å². The van der Waals surface area contributed by atoms with Crippen molar-refractivity contribution < 1.29 is 14.0 Å². The molecular weight excluding hydrogens is 325 g/mol. The van der Waals surface area contributed by atoms with E-state index in [1.807, 2.05) is 0 Å². The predicted molar refractivity (Wildman–Crippen MR) is 89.9 cm³/mol. The number of hydrogen-bond acceptors (Lipinski definition) is 5. The fourth-order valence-electron chi connectivity index (χ4n) is 2.61. The van der Waals surface area contributed by atoms with Crippen molar-refractivity contribution in [3.63, 3.8) is 0 Å². The van der Waals surface area contributed by atoms with Gasteiger partial charge in [-0.3, -0.25) is 9.59 Å². The van der Waals surface area contributed by atoms with Crippen LogP contribution in [0.4, 0.5) is 15.9 Å². The molecule has 1 aliphatic rings. The zero-order valence-corrected chi connectivity index (χ0v) is 13.8. The zero-order chi connectivity index (χ0) is 17.8. The van der Waals surface area contributed by atoms with E-state index in [-0.39, 0.29) is 23.3 Å². The molecule has 2 amide bonds. The summed E-state index contributed by atoms with van der Waals surface area (Å²) >= 11 is 0. The van der Waals surface area contributed by atoms with E-state index in [9.17, 15) is 14.0 Å². The largest absolute Gasteiger partial charge is 0.340 e. The van der Waals surface area contributed by atoms with Gasteiger partial charge in [-0.1, -0.05) is 0 Å². The summed E-state index contributed by atoms with van der Waals surface area (Å²) in [6, 6.07) is 7.40. The molecule has 1 saturated heterocycles. The number of halogens is 1. The summed E-state index contributed by atoms with van der Waals surface area (Å²) in [6.45, 7) is 3.52. The Balaban J connectivity index is 1.67. The molecule has 0 saturated carbocycles. The number of carbonyl (C=O) groups is 2. The van der Waals surface area contributed by atoms with Crippen molar-refractivity contribution in [3.8, 4) is 0 Å². The van der Waals surface area contributed by atoms with Crippen LogP contribution < -0.4 is 5.32 Å². The van der Waals surface area contributed by atoms with Gasteiger partial charge in [0.2, 0.25) is 5.91 Å². The Morgan fingerprint density at radius 1 is 1.04 bits per heavy atom. The van der Waals surface area contributed by atoms with E-state index in [2.05, 4.69) is 15.3 Å². The number of nitrogens with zero attached hydrogens (tertiary/aromatic N) is 4. The van der Waals surface area contributed by atoms with Gasteiger partial charge in [-0.05, 0) is 24.3 Å². The van der Waals surface area contributed by atoms with E-state index in [1.165, 1.54) is 25.4 Å². The highest BCUT2D eigenvalue weighted by atomic mass is 19.1. The minimum absolute atomic E-state index is 0.0138. The van der Waals surface area contributed by atoms with Crippen LogP contribution in [0.2, 0.25) is 0 Å². The van der Waals surface area contributed by atoms with Crippen molar-refractivity contribution in [2.75, 3.05) is 31.5 Å². The average molecular weight is 343 g/mol. The topological polar surface area (TPSA) is 78.4 Å². The van der Waals surface area contributed by atoms with Crippen molar-refractivity contribution in [3.05, 3.63) is 48.2 Å². The lowest BCUT2D eigenvalue weighted by atomic mass is 10.2. The molecule has 2 aromatic rings. The Hall–Kier alpha value is -3.03. The van der Waals surface area contributed by atoms with Crippen LogP contribution in [-0.4, -0.2) is 57.8 Å². The van der Waals surface area contributed by atoms with Crippen LogP contribution in [0.1, 0.15) is 17.4 Å². The van der Waals surface area contributed by atoms with E-state index in [4.69, 9.17) is 0 Å². The number of nitrogens with one attached hydrogen (secondary N) is 1. The molecule has 1 fully saturated rings. The molecule has 0 aliphatic carbocycles. The Labute approximate surface area is 144 Å².